The molecule has 1 saturated heterocycles. The van der Waals surface area contributed by atoms with Crippen LogP contribution in [0.4, 0.5) is 29.0 Å². The van der Waals surface area contributed by atoms with E-state index in [1.165, 1.54) is 0 Å². The number of aromatic nitrogens is 2. The van der Waals surface area contributed by atoms with Gasteiger partial charge in [-0.05, 0) is 37.8 Å². The molecule has 132 valence electrons. The molecule has 0 saturated carbocycles. The van der Waals surface area contributed by atoms with Crippen molar-refractivity contribution in [3.8, 4) is 0 Å². The van der Waals surface area contributed by atoms with Gasteiger partial charge in [0.15, 0.2) is 0 Å². The van der Waals surface area contributed by atoms with Crippen molar-refractivity contribution in [3.05, 3.63) is 39.9 Å². The maximum atomic E-state index is 11.5. The first-order valence-corrected chi connectivity index (χ1v) is 8.34. The predicted octanol–water partition coefficient (Wildman–Crippen LogP) is 3.26. The molecule has 0 radical (unpaired) electrons. The van der Waals surface area contributed by atoms with Gasteiger partial charge in [-0.1, -0.05) is 24.6 Å². The minimum atomic E-state index is -0.500. The zero-order chi connectivity index (χ0) is 18.0. The van der Waals surface area contributed by atoms with E-state index < -0.39 is 4.92 Å². The number of piperidine rings is 1. The van der Waals surface area contributed by atoms with E-state index in [2.05, 4.69) is 22.2 Å². The Bertz CT molecular complexity index is 777. The van der Waals surface area contributed by atoms with Gasteiger partial charge in [-0.25, -0.2) is 0 Å². The molecule has 3 N–H and O–H groups in total. The highest BCUT2D eigenvalue weighted by atomic mass is 16.6. The first-order chi connectivity index (χ1) is 11.9. The third-order valence-corrected chi connectivity index (χ3v) is 4.34. The molecule has 2 heterocycles. The Morgan fingerprint density at radius 1 is 1.32 bits per heavy atom. The zero-order valence-electron chi connectivity index (χ0n) is 14.4. The number of aryl methyl sites for hydroxylation is 1. The minimum Gasteiger partial charge on any atom is -0.378 e. The van der Waals surface area contributed by atoms with Gasteiger partial charge in [0.1, 0.15) is 0 Å². The quantitative estimate of drug-likeness (QED) is 0.648. The van der Waals surface area contributed by atoms with E-state index in [4.69, 9.17) is 5.73 Å². The molecule has 2 aromatic rings. The van der Waals surface area contributed by atoms with Crippen LogP contribution in [0.5, 0.6) is 0 Å². The number of rotatable bonds is 4. The standard InChI is InChI=1S/C17H22N6O2/c1-11-5-7-13(8-6-11)19-17-20-15(18)14(23(24)25)16(21-17)22-9-3-4-12(2)10-22/h5-8,12H,3-4,9-10H2,1-2H3,(H3,18,19,20,21)/t12-/m0/s1. The fraction of sp³-hybridized carbons (Fsp3) is 0.412. The first-order valence-electron chi connectivity index (χ1n) is 8.34. The van der Waals surface area contributed by atoms with E-state index in [1.807, 2.05) is 36.1 Å². The van der Waals surface area contributed by atoms with E-state index in [9.17, 15) is 10.1 Å². The third-order valence-electron chi connectivity index (χ3n) is 4.34. The predicted molar refractivity (Wildman–Crippen MR) is 98.2 cm³/mol. The van der Waals surface area contributed by atoms with E-state index in [-0.39, 0.29) is 17.5 Å². The smallest absolute Gasteiger partial charge is 0.353 e. The lowest BCUT2D eigenvalue weighted by molar-refractivity contribution is -0.383. The summed E-state index contributed by atoms with van der Waals surface area (Å²) in [6.45, 7) is 5.58. The van der Waals surface area contributed by atoms with E-state index in [1.54, 1.807) is 0 Å². The molecular weight excluding hydrogens is 320 g/mol. The van der Waals surface area contributed by atoms with Crippen LogP contribution in [-0.2, 0) is 0 Å². The average molecular weight is 342 g/mol. The van der Waals surface area contributed by atoms with Crippen LogP contribution >= 0.6 is 0 Å². The van der Waals surface area contributed by atoms with Crippen LogP contribution in [0.3, 0.4) is 0 Å². The van der Waals surface area contributed by atoms with Crippen LogP contribution in [-0.4, -0.2) is 28.0 Å². The van der Waals surface area contributed by atoms with Gasteiger partial charge in [0.2, 0.25) is 17.6 Å². The fourth-order valence-corrected chi connectivity index (χ4v) is 3.06. The summed E-state index contributed by atoms with van der Waals surface area (Å²) in [5, 5.41) is 14.5. The minimum absolute atomic E-state index is 0.122. The Labute approximate surface area is 146 Å². The number of nitrogens with one attached hydrogen (secondary N) is 1. The Kier molecular flexibility index (Phi) is 4.69. The van der Waals surface area contributed by atoms with Gasteiger partial charge in [-0.3, -0.25) is 10.1 Å². The van der Waals surface area contributed by atoms with Crippen molar-refractivity contribution >= 4 is 29.0 Å². The van der Waals surface area contributed by atoms with E-state index >= 15 is 0 Å². The van der Waals surface area contributed by atoms with Crippen molar-refractivity contribution in [1.29, 1.82) is 0 Å². The second-order valence-electron chi connectivity index (χ2n) is 6.55. The molecule has 8 nitrogen and oxygen atoms in total. The maximum Gasteiger partial charge on any atom is 0.353 e. The van der Waals surface area contributed by atoms with Crippen LogP contribution in [0, 0.1) is 23.0 Å². The summed E-state index contributed by atoms with van der Waals surface area (Å²) in [7, 11) is 0. The molecule has 1 atom stereocenters. The molecule has 25 heavy (non-hydrogen) atoms. The van der Waals surface area contributed by atoms with Crippen molar-refractivity contribution < 1.29 is 4.92 Å². The maximum absolute atomic E-state index is 11.5. The van der Waals surface area contributed by atoms with Gasteiger partial charge in [-0.2, -0.15) is 9.97 Å². The molecule has 1 aromatic carbocycles. The summed E-state index contributed by atoms with van der Waals surface area (Å²) in [6.07, 6.45) is 2.09. The second-order valence-corrected chi connectivity index (χ2v) is 6.55. The van der Waals surface area contributed by atoms with Crippen molar-refractivity contribution in [2.45, 2.75) is 26.7 Å². The van der Waals surface area contributed by atoms with Crippen LogP contribution < -0.4 is 16.0 Å². The molecule has 1 aliphatic rings. The molecule has 1 aromatic heterocycles. The first kappa shape index (κ1) is 16.9. The monoisotopic (exact) mass is 342 g/mol. The lowest BCUT2D eigenvalue weighted by atomic mass is 10.0. The van der Waals surface area contributed by atoms with Gasteiger partial charge in [0.05, 0.1) is 4.92 Å². The van der Waals surface area contributed by atoms with Crippen LogP contribution in [0.25, 0.3) is 0 Å². The number of anilines is 4. The number of benzene rings is 1. The number of nitrogens with two attached hydrogens (primary N) is 1. The lowest BCUT2D eigenvalue weighted by Gasteiger charge is -2.31. The normalized spacial score (nSPS) is 17.4. The topological polar surface area (TPSA) is 110 Å². The van der Waals surface area contributed by atoms with Crippen LogP contribution in [0.2, 0.25) is 0 Å². The molecule has 0 bridgehead atoms. The molecular formula is C17H22N6O2. The Hall–Kier alpha value is -2.90. The summed E-state index contributed by atoms with van der Waals surface area (Å²) in [5.74, 6) is 0.889. The van der Waals surface area contributed by atoms with Gasteiger partial charge >= 0.3 is 5.69 Å². The molecule has 3 rings (SSSR count). The highest BCUT2D eigenvalue weighted by Crippen LogP contribution is 2.34. The number of nitrogen functional groups attached to an aromatic ring is 1. The van der Waals surface area contributed by atoms with Gasteiger partial charge < -0.3 is 16.0 Å². The SMILES string of the molecule is Cc1ccc(Nc2nc(N)c([N+](=O)[O-])c(N3CCC[C@H](C)C3)n2)cc1. The van der Waals surface area contributed by atoms with Crippen LogP contribution in [0.1, 0.15) is 25.3 Å². The zero-order valence-corrected chi connectivity index (χ0v) is 14.4. The summed E-state index contributed by atoms with van der Waals surface area (Å²) < 4.78 is 0. The highest BCUT2D eigenvalue weighted by molar-refractivity contribution is 5.72. The summed E-state index contributed by atoms with van der Waals surface area (Å²) in [6, 6.07) is 7.73. The lowest BCUT2D eigenvalue weighted by Crippen LogP contribution is -2.35. The Balaban J connectivity index is 1.97. The number of nitro groups is 1. The third kappa shape index (κ3) is 3.78. The van der Waals surface area contributed by atoms with Gasteiger partial charge in [-0.15, -0.1) is 0 Å². The summed E-state index contributed by atoms with van der Waals surface area (Å²) in [4.78, 5) is 21.4. The average Bonchev–Trinajstić information content (AvgIpc) is 2.56. The second kappa shape index (κ2) is 6.92. The molecule has 1 aliphatic heterocycles. The molecule has 0 spiro atoms. The summed E-state index contributed by atoms with van der Waals surface area (Å²) in [5.41, 5.74) is 7.60. The molecule has 0 aliphatic carbocycles. The van der Waals surface area contributed by atoms with E-state index in [0.717, 1.165) is 37.2 Å². The van der Waals surface area contributed by atoms with E-state index in [0.29, 0.717) is 11.7 Å². The molecule has 0 amide bonds. The van der Waals surface area contributed by atoms with Crippen molar-refractivity contribution in [1.82, 2.24) is 9.97 Å². The van der Waals surface area contributed by atoms with Crippen LogP contribution in [0.15, 0.2) is 24.3 Å². The number of hydrogen-bond donors (Lipinski definition) is 2. The summed E-state index contributed by atoms with van der Waals surface area (Å²) >= 11 is 0. The Morgan fingerprint density at radius 3 is 2.68 bits per heavy atom. The van der Waals surface area contributed by atoms with Crippen molar-refractivity contribution in [2.75, 3.05) is 29.0 Å². The van der Waals surface area contributed by atoms with Crippen molar-refractivity contribution in [3.63, 3.8) is 0 Å². The number of hydrogen-bond acceptors (Lipinski definition) is 7. The molecule has 8 heteroatoms. The van der Waals surface area contributed by atoms with Gasteiger partial charge in [0, 0.05) is 18.8 Å². The van der Waals surface area contributed by atoms with Crippen molar-refractivity contribution in [2.24, 2.45) is 5.92 Å². The highest BCUT2D eigenvalue weighted by Gasteiger charge is 2.29. The molecule has 1 fully saturated rings. The van der Waals surface area contributed by atoms with Gasteiger partial charge in [0.25, 0.3) is 0 Å². The number of nitrogens with zero attached hydrogens (tertiary/aromatic N) is 4. The molecule has 0 unspecified atom stereocenters. The fourth-order valence-electron chi connectivity index (χ4n) is 3.06. The largest absolute Gasteiger partial charge is 0.378 e. The Morgan fingerprint density at radius 2 is 2.04 bits per heavy atom.